The van der Waals surface area contributed by atoms with Crippen molar-refractivity contribution in [1.82, 2.24) is 14.6 Å². The number of benzene rings is 1. The van der Waals surface area contributed by atoms with Crippen LogP contribution in [0.4, 0.5) is 0 Å². The summed E-state index contributed by atoms with van der Waals surface area (Å²) in [7, 11) is 0. The van der Waals surface area contributed by atoms with Crippen molar-refractivity contribution in [2.24, 2.45) is 0 Å². The zero-order chi connectivity index (χ0) is 14.2. The van der Waals surface area contributed by atoms with Gasteiger partial charge in [-0.15, -0.1) is 16.4 Å². The summed E-state index contributed by atoms with van der Waals surface area (Å²) in [6.45, 7) is 2.06. The Balaban J connectivity index is 1.90. The van der Waals surface area contributed by atoms with Crippen molar-refractivity contribution in [2.45, 2.75) is 6.92 Å². The minimum absolute atomic E-state index is 0.790. The molecule has 1 aromatic carbocycles. The van der Waals surface area contributed by atoms with Gasteiger partial charge in [0.2, 0.25) is 0 Å². The first-order valence-electron chi connectivity index (χ1n) is 6.78. The fourth-order valence-electron chi connectivity index (χ4n) is 2.45. The van der Waals surface area contributed by atoms with Crippen LogP contribution in [0.5, 0.6) is 0 Å². The van der Waals surface area contributed by atoms with Crippen molar-refractivity contribution in [1.29, 1.82) is 0 Å². The highest BCUT2D eigenvalue weighted by Crippen LogP contribution is 2.25. The average molecular weight is 291 g/mol. The summed E-state index contributed by atoms with van der Waals surface area (Å²) in [4.78, 5) is 5.76. The standard InChI is InChI=1S/C17H13N3S/c1-12-10-14(13-6-3-2-4-7-13)11-16-18-17(19-20(12)16)15-8-5-9-21-15/h2-11H,1H3. The lowest BCUT2D eigenvalue weighted by Crippen LogP contribution is -1.94. The van der Waals surface area contributed by atoms with Gasteiger partial charge in [-0.1, -0.05) is 36.4 Å². The second-order valence-electron chi connectivity index (χ2n) is 4.93. The minimum Gasteiger partial charge on any atom is -0.218 e. The van der Waals surface area contributed by atoms with Crippen LogP contribution >= 0.6 is 11.3 Å². The molecule has 0 bridgehead atoms. The number of hydrogen-bond acceptors (Lipinski definition) is 3. The quantitative estimate of drug-likeness (QED) is 0.547. The van der Waals surface area contributed by atoms with Crippen molar-refractivity contribution in [3.05, 3.63) is 65.7 Å². The topological polar surface area (TPSA) is 30.2 Å². The molecule has 0 N–H and O–H groups in total. The lowest BCUT2D eigenvalue weighted by Gasteiger charge is -2.04. The molecular formula is C17H13N3S. The SMILES string of the molecule is Cc1cc(-c2ccccc2)cc2nc(-c3cccs3)nn12. The number of rotatable bonds is 2. The summed E-state index contributed by atoms with van der Waals surface area (Å²) in [6.07, 6.45) is 0. The van der Waals surface area contributed by atoms with Gasteiger partial charge in [-0.3, -0.25) is 0 Å². The second-order valence-corrected chi connectivity index (χ2v) is 5.88. The van der Waals surface area contributed by atoms with E-state index in [4.69, 9.17) is 0 Å². The monoisotopic (exact) mass is 291 g/mol. The number of hydrogen-bond donors (Lipinski definition) is 0. The van der Waals surface area contributed by atoms with Crippen LogP contribution < -0.4 is 0 Å². The summed E-state index contributed by atoms with van der Waals surface area (Å²) >= 11 is 1.66. The molecule has 0 atom stereocenters. The predicted octanol–water partition coefficient (Wildman–Crippen LogP) is 4.43. The van der Waals surface area contributed by atoms with Gasteiger partial charge < -0.3 is 0 Å². The molecule has 0 unspecified atom stereocenters. The third-order valence-electron chi connectivity index (χ3n) is 3.46. The number of aromatic nitrogens is 3. The van der Waals surface area contributed by atoms with E-state index in [0.717, 1.165) is 22.0 Å². The molecule has 3 nitrogen and oxygen atoms in total. The van der Waals surface area contributed by atoms with E-state index >= 15 is 0 Å². The van der Waals surface area contributed by atoms with Crippen LogP contribution in [-0.4, -0.2) is 14.6 Å². The first kappa shape index (κ1) is 12.3. The average Bonchev–Trinajstić information content (AvgIpc) is 3.17. The summed E-state index contributed by atoms with van der Waals surface area (Å²) in [5, 5.41) is 6.65. The Morgan fingerprint density at radius 2 is 1.81 bits per heavy atom. The van der Waals surface area contributed by atoms with E-state index in [1.807, 2.05) is 28.1 Å². The maximum atomic E-state index is 4.66. The van der Waals surface area contributed by atoms with Gasteiger partial charge in [0.1, 0.15) is 0 Å². The molecule has 4 heteroatoms. The molecule has 3 aromatic heterocycles. The van der Waals surface area contributed by atoms with Crippen molar-refractivity contribution in [3.63, 3.8) is 0 Å². The first-order valence-corrected chi connectivity index (χ1v) is 7.66. The molecule has 4 aromatic rings. The molecule has 0 aliphatic heterocycles. The second kappa shape index (κ2) is 4.82. The summed E-state index contributed by atoms with van der Waals surface area (Å²) in [5.74, 6) is 0.790. The van der Waals surface area contributed by atoms with Gasteiger partial charge in [-0.25, -0.2) is 9.50 Å². The molecule has 21 heavy (non-hydrogen) atoms. The molecule has 0 aliphatic carbocycles. The highest BCUT2D eigenvalue weighted by atomic mass is 32.1. The molecule has 0 fully saturated rings. The maximum Gasteiger partial charge on any atom is 0.192 e. The molecule has 3 heterocycles. The predicted molar refractivity (Wildman–Crippen MR) is 86.5 cm³/mol. The van der Waals surface area contributed by atoms with Gasteiger partial charge in [0.05, 0.1) is 4.88 Å². The van der Waals surface area contributed by atoms with E-state index in [0.29, 0.717) is 0 Å². The van der Waals surface area contributed by atoms with E-state index in [1.54, 1.807) is 11.3 Å². The number of nitrogens with zero attached hydrogens (tertiary/aromatic N) is 3. The van der Waals surface area contributed by atoms with Crippen LogP contribution in [0.2, 0.25) is 0 Å². The smallest absolute Gasteiger partial charge is 0.192 e. The van der Waals surface area contributed by atoms with Crippen molar-refractivity contribution < 1.29 is 0 Å². The molecule has 0 radical (unpaired) electrons. The number of pyridine rings is 1. The van der Waals surface area contributed by atoms with E-state index in [1.165, 1.54) is 11.1 Å². The van der Waals surface area contributed by atoms with Gasteiger partial charge in [0.15, 0.2) is 11.5 Å². The van der Waals surface area contributed by atoms with Crippen molar-refractivity contribution in [2.75, 3.05) is 0 Å². The van der Waals surface area contributed by atoms with E-state index in [2.05, 4.69) is 53.4 Å². The molecule has 4 rings (SSSR count). The van der Waals surface area contributed by atoms with Crippen molar-refractivity contribution >= 4 is 17.0 Å². The highest BCUT2D eigenvalue weighted by Gasteiger charge is 2.10. The number of aryl methyl sites for hydroxylation is 1. The Kier molecular flexibility index (Phi) is 2.82. The lowest BCUT2D eigenvalue weighted by molar-refractivity contribution is 0.920. The van der Waals surface area contributed by atoms with Crippen molar-refractivity contribution in [3.8, 4) is 21.8 Å². The molecule has 0 saturated heterocycles. The fraction of sp³-hybridized carbons (Fsp3) is 0.0588. The van der Waals surface area contributed by atoms with Crippen LogP contribution in [0.25, 0.3) is 27.5 Å². The highest BCUT2D eigenvalue weighted by molar-refractivity contribution is 7.13. The van der Waals surface area contributed by atoms with Gasteiger partial charge in [0.25, 0.3) is 0 Å². The molecule has 102 valence electrons. The van der Waals surface area contributed by atoms with Gasteiger partial charge >= 0.3 is 0 Å². The third kappa shape index (κ3) is 2.14. The van der Waals surface area contributed by atoms with Crippen LogP contribution in [-0.2, 0) is 0 Å². The Bertz CT molecular complexity index is 893. The number of fused-ring (bicyclic) bond motifs is 1. The van der Waals surface area contributed by atoms with Crippen LogP contribution in [0.15, 0.2) is 60.0 Å². The maximum absolute atomic E-state index is 4.66. The third-order valence-corrected chi connectivity index (χ3v) is 4.33. The van der Waals surface area contributed by atoms with E-state index in [-0.39, 0.29) is 0 Å². The largest absolute Gasteiger partial charge is 0.218 e. The molecular weight excluding hydrogens is 278 g/mol. The summed E-state index contributed by atoms with van der Waals surface area (Å²) in [5.41, 5.74) is 4.34. The molecule has 0 saturated carbocycles. The van der Waals surface area contributed by atoms with Crippen LogP contribution in [0.3, 0.4) is 0 Å². The Labute approximate surface area is 126 Å². The normalized spacial score (nSPS) is 11.1. The Morgan fingerprint density at radius 1 is 0.952 bits per heavy atom. The zero-order valence-electron chi connectivity index (χ0n) is 11.5. The fourth-order valence-corrected chi connectivity index (χ4v) is 3.10. The van der Waals surface area contributed by atoms with E-state index in [9.17, 15) is 0 Å². The molecule has 0 spiro atoms. The lowest BCUT2D eigenvalue weighted by atomic mass is 10.1. The van der Waals surface area contributed by atoms with Crippen LogP contribution in [0.1, 0.15) is 5.69 Å². The zero-order valence-corrected chi connectivity index (χ0v) is 12.3. The Hall–Kier alpha value is -2.46. The first-order chi connectivity index (χ1) is 10.3. The van der Waals surface area contributed by atoms with Gasteiger partial charge in [0, 0.05) is 5.69 Å². The minimum atomic E-state index is 0.790. The van der Waals surface area contributed by atoms with Gasteiger partial charge in [-0.05, 0) is 41.6 Å². The van der Waals surface area contributed by atoms with Gasteiger partial charge in [-0.2, -0.15) is 0 Å². The molecule has 0 aliphatic rings. The summed E-state index contributed by atoms with van der Waals surface area (Å²) in [6, 6.07) is 18.7. The summed E-state index contributed by atoms with van der Waals surface area (Å²) < 4.78 is 1.90. The molecule has 0 amide bonds. The van der Waals surface area contributed by atoms with E-state index < -0.39 is 0 Å². The van der Waals surface area contributed by atoms with Crippen LogP contribution in [0, 0.1) is 6.92 Å². The number of thiophene rings is 1. The Morgan fingerprint density at radius 3 is 2.57 bits per heavy atom.